The molecule has 5 nitrogen and oxygen atoms in total. The van der Waals surface area contributed by atoms with Gasteiger partial charge in [-0.3, -0.25) is 11.7 Å². The van der Waals surface area contributed by atoms with Gasteiger partial charge in [0.25, 0.3) is 5.97 Å². The van der Waals surface area contributed by atoms with E-state index in [1.54, 1.807) is 21.3 Å². The van der Waals surface area contributed by atoms with Crippen molar-refractivity contribution in [3.63, 3.8) is 0 Å². The highest BCUT2D eigenvalue weighted by molar-refractivity contribution is 7.80. The smallest absolute Gasteiger partial charge is 0.285 e. The van der Waals surface area contributed by atoms with Crippen LogP contribution in [0, 0.1) is 5.92 Å². The summed E-state index contributed by atoms with van der Waals surface area (Å²) in [7, 11) is 4.96. The van der Waals surface area contributed by atoms with Gasteiger partial charge in [0.1, 0.15) is 0 Å². The van der Waals surface area contributed by atoms with Crippen LogP contribution < -0.4 is 11.7 Å². The first-order valence-electron chi connectivity index (χ1n) is 8.30. The van der Waals surface area contributed by atoms with E-state index < -0.39 is 5.97 Å². The molecule has 0 aromatic heterocycles. The normalized spacial score (nSPS) is 12.7. The lowest BCUT2D eigenvalue weighted by atomic mass is 9.93. The van der Waals surface area contributed by atoms with Crippen molar-refractivity contribution in [3.05, 3.63) is 0 Å². The van der Waals surface area contributed by atoms with Crippen LogP contribution in [-0.2, 0) is 14.2 Å². The third-order valence-electron chi connectivity index (χ3n) is 3.97. The molecule has 0 spiro atoms. The Hall–Kier alpha value is 0.150. The van der Waals surface area contributed by atoms with Crippen molar-refractivity contribution >= 4 is 12.6 Å². The van der Waals surface area contributed by atoms with Crippen LogP contribution in [0.1, 0.15) is 64.7 Å². The Labute approximate surface area is 142 Å². The molecular formula is C16H38N2O3S. The topological polar surface area (TPSA) is 79.7 Å². The minimum absolute atomic E-state index is 0.265. The highest BCUT2D eigenvalue weighted by Crippen LogP contribution is 2.32. The fourth-order valence-corrected chi connectivity index (χ4v) is 2.94. The van der Waals surface area contributed by atoms with E-state index in [4.69, 9.17) is 14.2 Å². The van der Waals surface area contributed by atoms with Crippen LogP contribution in [0.3, 0.4) is 0 Å². The van der Waals surface area contributed by atoms with E-state index in [0.717, 1.165) is 25.0 Å². The van der Waals surface area contributed by atoms with E-state index in [0.29, 0.717) is 0 Å². The summed E-state index contributed by atoms with van der Waals surface area (Å²) in [5.74, 6) is 8.26. The zero-order valence-electron chi connectivity index (χ0n) is 15.0. The van der Waals surface area contributed by atoms with E-state index in [2.05, 4.69) is 31.2 Å². The van der Waals surface area contributed by atoms with Gasteiger partial charge in [-0.25, -0.2) is 0 Å². The second kappa shape index (κ2) is 17.5. The molecule has 0 aromatic carbocycles. The number of hydrogen-bond donors (Lipinski definition) is 3. The average Bonchev–Trinajstić information content (AvgIpc) is 2.58. The molecule has 0 aliphatic carbocycles. The van der Waals surface area contributed by atoms with Crippen molar-refractivity contribution in [2.75, 3.05) is 27.1 Å². The summed E-state index contributed by atoms with van der Waals surface area (Å²) < 4.78 is 16.6. The molecular weight excluding hydrogens is 300 g/mol. The minimum Gasteiger partial charge on any atom is -0.331 e. The third kappa shape index (κ3) is 10.0. The van der Waals surface area contributed by atoms with Gasteiger partial charge in [0, 0.05) is 27.2 Å². The van der Waals surface area contributed by atoms with Crippen molar-refractivity contribution in [1.82, 2.24) is 0 Å². The summed E-state index contributed by atoms with van der Waals surface area (Å²) in [6, 6.07) is 0. The standard InChI is InChI=1S/C16H34O3S.H4N2/c1-5-6-7-8-9-10-12-15(13-11-14-20)16(17-2,18-3)19-4;1-2/h15,20H,5-14H2,1-4H3;1-2H2. The molecule has 6 heteroatoms. The molecule has 136 valence electrons. The lowest BCUT2D eigenvalue weighted by Crippen LogP contribution is -2.44. The molecule has 0 radical (unpaired) electrons. The number of rotatable bonds is 14. The van der Waals surface area contributed by atoms with Crippen LogP contribution in [0.2, 0.25) is 0 Å². The van der Waals surface area contributed by atoms with Crippen molar-refractivity contribution < 1.29 is 14.2 Å². The molecule has 0 rings (SSSR count). The zero-order valence-corrected chi connectivity index (χ0v) is 15.9. The van der Waals surface area contributed by atoms with Crippen molar-refractivity contribution in [3.8, 4) is 0 Å². The van der Waals surface area contributed by atoms with Gasteiger partial charge in [0.2, 0.25) is 0 Å². The van der Waals surface area contributed by atoms with Gasteiger partial charge in [0.15, 0.2) is 0 Å². The van der Waals surface area contributed by atoms with Gasteiger partial charge >= 0.3 is 0 Å². The predicted molar refractivity (Wildman–Crippen MR) is 96.7 cm³/mol. The molecule has 0 fully saturated rings. The second-order valence-corrected chi connectivity index (χ2v) is 5.78. The fraction of sp³-hybridized carbons (Fsp3) is 1.00. The van der Waals surface area contributed by atoms with E-state index in [9.17, 15) is 0 Å². The first kappa shape index (κ1) is 24.4. The van der Waals surface area contributed by atoms with Gasteiger partial charge in [0.05, 0.1) is 0 Å². The summed E-state index contributed by atoms with van der Waals surface area (Å²) in [4.78, 5) is 0. The summed E-state index contributed by atoms with van der Waals surface area (Å²) >= 11 is 4.30. The molecule has 4 N–H and O–H groups in total. The number of unbranched alkanes of at least 4 members (excludes halogenated alkanes) is 5. The second-order valence-electron chi connectivity index (χ2n) is 5.34. The van der Waals surface area contributed by atoms with Crippen molar-refractivity contribution in [2.24, 2.45) is 17.6 Å². The molecule has 0 saturated carbocycles. The molecule has 0 aromatic rings. The number of methoxy groups -OCH3 is 3. The molecule has 1 atom stereocenters. The first-order chi connectivity index (χ1) is 10.7. The molecule has 0 aliphatic heterocycles. The van der Waals surface area contributed by atoms with Gasteiger partial charge in [-0.15, -0.1) is 0 Å². The average molecular weight is 339 g/mol. The first-order valence-corrected chi connectivity index (χ1v) is 8.93. The van der Waals surface area contributed by atoms with Crippen molar-refractivity contribution in [1.29, 1.82) is 0 Å². The zero-order chi connectivity index (χ0) is 17.3. The summed E-state index contributed by atoms with van der Waals surface area (Å²) in [6.45, 7) is 2.25. The maximum Gasteiger partial charge on any atom is 0.285 e. The molecule has 0 saturated heterocycles. The quantitative estimate of drug-likeness (QED) is 0.149. The monoisotopic (exact) mass is 338 g/mol. The predicted octanol–water partition coefficient (Wildman–Crippen LogP) is 3.48. The van der Waals surface area contributed by atoms with Crippen LogP contribution >= 0.6 is 12.6 Å². The number of nitrogens with two attached hydrogens (primary N) is 2. The SMILES string of the molecule is CCCCCCCCC(CCCS)C(OC)(OC)OC.NN. The maximum atomic E-state index is 5.52. The fourth-order valence-electron chi connectivity index (χ4n) is 2.76. The molecule has 0 amide bonds. The molecule has 22 heavy (non-hydrogen) atoms. The summed E-state index contributed by atoms with van der Waals surface area (Å²) in [5, 5.41) is 0. The van der Waals surface area contributed by atoms with E-state index in [1.807, 2.05) is 0 Å². The number of thiol groups is 1. The Balaban J connectivity index is 0. The van der Waals surface area contributed by atoms with Crippen LogP contribution in [0.4, 0.5) is 0 Å². The highest BCUT2D eigenvalue weighted by atomic mass is 32.1. The molecule has 0 bridgehead atoms. The third-order valence-corrected chi connectivity index (χ3v) is 4.29. The van der Waals surface area contributed by atoms with Crippen LogP contribution in [-0.4, -0.2) is 33.1 Å². The minimum atomic E-state index is -0.896. The maximum absolute atomic E-state index is 5.52. The molecule has 1 unspecified atom stereocenters. The van der Waals surface area contributed by atoms with Crippen LogP contribution in [0.25, 0.3) is 0 Å². The van der Waals surface area contributed by atoms with Crippen LogP contribution in [0.15, 0.2) is 0 Å². The number of ether oxygens (including phenoxy) is 3. The summed E-state index contributed by atoms with van der Waals surface area (Å²) in [5.41, 5.74) is 0. The highest BCUT2D eigenvalue weighted by Gasteiger charge is 2.39. The van der Waals surface area contributed by atoms with E-state index >= 15 is 0 Å². The van der Waals surface area contributed by atoms with Gasteiger partial charge in [-0.1, -0.05) is 45.4 Å². The van der Waals surface area contributed by atoms with Gasteiger partial charge < -0.3 is 14.2 Å². The van der Waals surface area contributed by atoms with E-state index in [-0.39, 0.29) is 5.92 Å². The lowest BCUT2D eigenvalue weighted by Gasteiger charge is -2.36. The van der Waals surface area contributed by atoms with Gasteiger partial charge in [-0.05, 0) is 25.0 Å². The van der Waals surface area contributed by atoms with Gasteiger partial charge in [-0.2, -0.15) is 12.6 Å². The number of hydrogen-bond acceptors (Lipinski definition) is 6. The largest absolute Gasteiger partial charge is 0.331 e. The number of hydrazine groups is 1. The van der Waals surface area contributed by atoms with E-state index in [1.165, 1.54) is 38.5 Å². The summed E-state index contributed by atoms with van der Waals surface area (Å²) in [6.07, 6.45) is 11.0. The Kier molecular flexibility index (Phi) is 19.4. The lowest BCUT2D eigenvalue weighted by molar-refractivity contribution is -0.380. The Morgan fingerprint density at radius 3 is 1.73 bits per heavy atom. The Morgan fingerprint density at radius 1 is 0.818 bits per heavy atom. The molecule has 0 heterocycles. The Bertz CT molecular complexity index is 209. The van der Waals surface area contributed by atoms with Crippen molar-refractivity contribution in [2.45, 2.75) is 70.7 Å². The Morgan fingerprint density at radius 2 is 1.27 bits per heavy atom. The molecule has 0 aliphatic rings. The van der Waals surface area contributed by atoms with Crippen LogP contribution in [0.5, 0.6) is 0 Å².